The maximum Gasteiger partial charge on any atom is 0.435 e. The number of carbonyl (C=O) groups excluding carboxylic acids is 1. The summed E-state index contributed by atoms with van der Waals surface area (Å²) in [4.78, 5) is 24.7. The van der Waals surface area contributed by atoms with Gasteiger partial charge in [0.15, 0.2) is 11.8 Å². The summed E-state index contributed by atoms with van der Waals surface area (Å²) in [5, 5.41) is 11.3. The first-order valence-electron chi connectivity index (χ1n) is 11.4. The van der Waals surface area contributed by atoms with Crippen molar-refractivity contribution in [3.8, 4) is 0 Å². The van der Waals surface area contributed by atoms with Gasteiger partial charge in [-0.05, 0) is 38.0 Å². The van der Waals surface area contributed by atoms with E-state index in [0.717, 1.165) is 45.6 Å². The Morgan fingerprint density at radius 2 is 2.11 bits per heavy atom. The molecule has 1 atom stereocenters. The van der Waals surface area contributed by atoms with Gasteiger partial charge in [0.25, 0.3) is 0 Å². The summed E-state index contributed by atoms with van der Waals surface area (Å²) in [6.45, 7) is 2.33. The number of carbonyl (C=O) groups is 1. The summed E-state index contributed by atoms with van der Waals surface area (Å²) in [6.07, 6.45) is -2.82. The fourth-order valence-corrected chi connectivity index (χ4v) is 5.63. The van der Waals surface area contributed by atoms with E-state index in [-0.39, 0.29) is 24.5 Å². The highest BCUT2D eigenvalue weighted by Crippen LogP contribution is 2.35. The lowest BCUT2D eigenvalue weighted by atomic mass is 9.97. The van der Waals surface area contributed by atoms with Gasteiger partial charge in [-0.1, -0.05) is 28.9 Å². The number of piperidine rings is 1. The first-order chi connectivity index (χ1) is 17.2. The Hall–Kier alpha value is -2.92. The van der Waals surface area contributed by atoms with Crippen LogP contribution in [0.3, 0.4) is 0 Å². The molecule has 3 aromatic rings. The van der Waals surface area contributed by atoms with E-state index >= 15 is 0 Å². The molecule has 1 saturated heterocycles. The zero-order valence-electron chi connectivity index (χ0n) is 19.3. The smallest absolute Gasteiger partial charge is 0.387 e. The third-order valence-electron chi connectivity index (χ3n) is 6.40. The molecule has 1 aromatic carbocycles. The van der Waals surface area contributed by atoms with Crippen LogP contribution in [-0.4, -0.2) is 44.4 Å². The predicted octanol–water partition coefficient (Wildman–Crippen LogP) is 5.39. The summed E-state index contributed by atoms with van der Waals surface area (Å²) in [6, 6.07) is 9.46. The third-order valence-corrected chi connectivity index (χ3v) is 7.73. The molecule has 2 aromatic heterocycles. The van der Waals surface area contributed by atoms with Crippen molar-refractivity contribution in [2.24, 2.45) is 5.16 Å². The van der Waals surface area contributed by atoms with E-state index in [9.17, 15) is 18.0 Å². The fraction of sp³-hybridized carbons (Fsp3) is 0.417. The summed E-state index contributed by atoms with van der Waals surface area (Å²) >= 11 is 7.81. The third kappa shape index (κ3) is 5.12. The molecule has 0 saturated carbocycles. The number of hydrogen-bond acceptors (Lipinski definition) is 6. The molecule has 2 aliphatic heterocycles. The van der Waals surface area contributed by atoms with Gasteiger partial charge >= 0.3 is 6.18 Å². The Bertz CT molecular complexity index is 1300. The van der Waals surface area contributed by atoms with E-state index in [4.69, 9.17) is 21.4 Å². The van der Waals surface area contributed by atoms with Crippen molar-refractivity contribution >= 4 is 34.6 Å². The van der Waals surface area contributed by atoms with Crippen molar-refractivity contribution in [2.45, 2.75) is 50.9 Å². The minimum absolute atomic E-state index is 0.201. The lowest BCUT2D eigenvalue weighted by Gasteiger charge is -2.31. The number of nitrogens with zero attached hydrogens (tertiary/aromatic N) is 5. The van der Waals surface area contributed by atoms with Crippen LogP contribution in [-0.2, 0) is 22.4 Å². The predicted molar refractivity (Wildman–Crippen MR) is 128 cm³/mol. The van der Waals surface area contributed by atoms with Crippen molar-refractivity contribution in [1.82, 2.24) is 19.7 Å². The van der Waals surface area contributed by atoms with Crippen molar-refractivity contribution < 1.29 is 22.8 Å². The Kier molecular flexibility index (Phi) is 6.78. The van der Waals surface area contributed by atoms with E-state index in [1.165, 1.54) is 6.92 Å². The molecule has 5 rings (SSSR count). The number of aromatic nitrogens is 3. The number of halogens is 4. The molecule has 12 heteroatoms. The molecule has 1 radical (unpaired) electrons. The van der Waals surface area contributed by atoms with E-state index in [1.54, 1.807) is 28.4 Å². The molecule has 7 nitrogen and oxygen atoms in total. The lowest BCUT2D eigenvalue weighted by Crippen LogP contribution is -2.40. The minimum Gasteiger partial charge on any atom is -0.387 e. The average Bonchev–Trinajstić information content (AvgIpc) is 3.59. The Labute approximate surface area is 214 Å². The molecule has 0 unspecified atom stereocenters. The summed E-state index contributed by atoms with van der Waals surface area (Å²) in [5.41, 5.74) is 1.62. The summed E-state index contributed by atoms with van der Waals surface area (Å²) in [5.74, 6) is -0.0419. The number of rotatable bonds is 5. The first kappa shape index (κ1) is 24.8. The molecule has 36 heavy (non-hydrogen) atoms. The molecule has 2 aliphatic rings. The highest BCUT2D eigenvalue weighted by Gasteiger charge is 2.35. The fourth-order valence-electron chi connectivity index (χ4n) is 4.38. The van der Waals surface area contributed by atoms with E-state index in [0.29, 0.717) is 30.2 Å². The van der Waals surface area contributed by atoms with Gasteiger partial charge in [0.05, 0.1) is 10.7 Å². The monoisotopic (exact) mass is 536 g/mol. The van der Waals surface area contributed by atoms with Crippen LogP contribution in [0, 0.1) is 13.0 Å². The van der Waals surface area contributed by atoms with Crippen molar-refractivity contribution in [1.29, 1.82) is 0 Å². The lowest BCUT2D eigenvalue weighted by molar-refractivity contribution is -0.142. The Balaban J connectivity index is 1.16. The van der Waals surface area contributed by atoms with Crippen LogP contribution >= 0.6 is 22.9 Å². The van der Waals surface area contributed by atoms with Crippen LogP contribution in [0.4, 0.5) is 13.2 Å². The highest BCUT2D eigenvalue weighted by atomic mass is 35.5. The van der Waals surface area contributed by atoms with Crippen LogP contribution < -0.4 is 0 Å². The number of alkyl halides is 3. The summed E-state index contributed by atoms with van der Waals surface area (Å²) in [7, 11) is 0. The first-order valence-corrected chi connectivity index (χ1v) is 12.7. The van der Waals surface area contributed by atoms with Gasteiger partial charge in [-0.15, -0.1) is 11.3 Å². The minimum atomic E-state index is -4.53. The van der Waals surface area contributed by atoms with E-state index < -0.39 is 11.9 Å². The molecule has 0 spiro atoms. The largest absolute Gasteiger partial charge is 0.435 e. The van der Waals surface area contributed by atoms with Gasteiger partial charge in [-0.2, -0.15) is 18.3 Å². The average molecular weight is 537 g/mol. The van der Waals surface area contributed by atoms with E-state index in [1.807, 2.05) is 11.4 Å². The molecule has 1 amide bonds. The number of oxime groups is 1. The molecular weight excluding hydrogens is 515 g/mol. The number of amides is 1. The zero-order chi connectivity index (χ0) is 25.4. The van der Waals surface area contributed by atoms with Crippen LogP contribution in [0.25, 0.3) is 0 Å². The van der Waals surface area contributed by atoms with Gasteiger partial charge in [0.1, 0.15) is 12.3 Å². The van der Waals surface area contributed by atoms with E-state index in [2.05, 4.69) is 16.3 Å². The maximum atomic E-state index is 12.9. The number of aryl methyl sites for hydroxylation is 1. The molecule has 0 aliphatic carbocycles. The number of benzene rings is 1. The van der Waals surface area contributed by atoms with Gasteiger partial charge in [0, 0.05) is 47.1 Å². The maximum absolute atomic E-state index is 12.9. The van der Waals surface area contributed by atoms with Crippen molar-refractivity contribution in [2.75, 3.05) is 13.1 Å². The van der Waals surface area contributed by atoms with Crippen LogP contribution in [0.2, 0.25) is 5.02 Å². The molecule has 189 valence electrons. The second kappa shape index (κ2) is 9.85. The van der Waals surface area contributed by atoms with Crippen LogP contribution in [0.5, 0.6) is 0 Å². The van der Waals surface area contributed by atoms with Gasteiger partial charge in [0.2, 0.25) is 5.91 Å². The Morgan fingerprint density at radius 1 is 1.33 bits per heavy atom. The SMILES string of the molecule is Cc1cc(C(F)(F)F)nn1CC(=O)N1CCC(c2nc(C3=NO[C@H](c4[c]cccc4Cl)C3)cs2)CC1. The van der Waals surface area contributed by atoms with Crippen molar-refractivity contribution in [3.63, 3.8) is 0 Å². The second-order valence-electron chi connectivity index (χ2n) is 8.82. The number of likely N-dealkylation sites (tertiary alicyclic amines) is 1. The number of thiazole rings is 1. The summed E-state index contributed by atoms with van der Waals surface area (Å²) < 4.78 is 39.8. The molecule has 4 heterocycles. The van der Waals surface area contributed by atoms with Gasteiger partial charge in [-0.25, -0.2) is 4.98 Å². The molecule has 0 bridgehead atoms. The van der Waals surface area contributed by atoms with Crippen LogP contribution in [0.1, 0.15) is 58.9 Å². The Morgan fingerprint density at radius 3 is 2.81 bits per heavy atom. The molecule has 0 N–H and O–H groups in total. The van der Waals surface area contributed by atoms with Crippen LogP contribution in [0.15, 0.2) is 34.8 Å². The standard InChI is InChI=1S/C24H22ClF3N5O2S/c1-14-10-21(24(26,27)28)30-33(14)12-22(34)32-8-6-15(7-9-32)23-29-19(13-36-23)18-11-20(35-31-18)16-4-2-3-5-17(16)25/h2-3,5,10,13,15,20H,6-9,11-12H2,1H3/t20-/m0/s1. The van der Waals surface area contributed by atoms with Crippen molar-refractivity contribution in [3.05, 3.63) is 68.4 Å². The molecule has 1 fully saturated rings. The van der Waals surface area contributed by atoms with Gasteiger partial charge in [-0.3, -0.25) is 9.48 Å². The quantitative estimate of drug-likeness (QED) is 0.438. The topological polar surface area (TPSA) is 72.6 Å². The second-order valence-corrected chi connectivity index (χ2v) is 10.1. The zero-order valence-corrected chi connectivity index (χ0v) is 20.8. The normalized spacial score (nSPS) is 18.9. The van der Waals surface area contributed by atoms with Gasteiger partial charge < -0.3 is 9.74 Å². The number of hydrogen-bond donors (Lipinski definition) is 0. The molecular formula is C24H22ClF3N5O2S. The highest BCUT2D eigenvalue weighted by molar-refractivity contribution is 7.10.